The zero-order chi connectivity index (χ0) is 25.4. The van der Waals surface area contributed by atoms with Crippen molar-refractivity contribution < 1.29 is 8.42 Å². The first-order valence-electron chi connectivity index (χ1n) is 12.8. The molecule has 3 aromatic rings. The second-order valence-electron chi connectivity index (χ2n) is 9.89. The number of hydrogen-bond acceptors (Lipinski definition) is 4. The number of fused-ring (bicyclic) bond motifs is 3. The zero-order valence-corrected chi connectivity index (χ0v) is 22.3. The van der Waals surface area contributed by atoms with E-state index in [0.717, 1.165) is 41.9 Å². The normalized spacial score (nSPS) is 20.4. The number of allylic oxidation sites excluding steroid dienone is 2. The summed E-state index contributed by atoms with van der Waals surface area (Å²) in [4.78, 5) is 2.64. The summed E-state index contributed by atoms with van der Waals surface area (Å²) >= 11 is 0. The molecule has 2 aliphatic rings. The standard InChI is InChI=1S/C30H35N3O2S/c1-5-33(6-2)24-14-11-22(12-15-24)30-27-9-7-8-26(27)28-19-25(16-17-29(28)31-30)36(34,35)32-23-13-10-20(3)21(4)18-23/h7-8,10-19,26-27,30-32H,5-6,9H2,1-4H3. The largest absolute Gasteiger partial charge is 0.378 e. The quantitative estimate of drug-likeness (QED) is 0.351. The van der Waals surface area contributed by atoms with Crippen molar-refractivity contribution in [1.29, 1.82) is 0 Å². The molecule has 6 heteroatoms. The van der Waals surface area contributed by atoms with Gasteiger partial charge in [0.2, 0.25) is 0 Å². The highest BCUT2D eigenvalue weighted by Gasteiger charge is 2.38. The van der Waals surface area contributed by atoms with Gasteiger partial charge < -0.3 is 10.2 Å². The molecule has 188 valence electrons. The van der Waals surface area contributed by atoms with Gasteiger partial charge in [0.05, 0.1) is 10.9 Å². The van der Waals surface area contributed by atoms with Crippen LogP contribution in [0.3, 0.4) is 0 Å². The molecule has 2 N–H and O–H groups in total. The van der Waals surface area contributed by atoms with Gasteiger partial charge in [-0.05, 0) is 105 Å². The van der Waals surface area contributed by atoms with Crippen molar-refractivity contribution in [3.8, 4) is 0 Å². The lowest BCUT2D eigenvalue weighted by Crippen LogP contribution is -2.29. The average Bonchev–Trinajstić information content (AvgIpc) is 3.37. The van der Waals surface area contributed by atoms with Crippen molar-refractivity contribution in [3.63, 3.8) is 0 Å². The Balaban J connectivity index is 1.43. The third kappa shape index (κ3) is 4.50. The summed E-state index contributed by atoms with van der Waals surface area (Å²) in [5.41, 5.74) is 7.34. The molecule has 3 atom stereocenters. The highest BCUT2D eigenvalue weighted by Crippen LogP contribution is 2.50. The minimum Gasteiger partial charge on any atom is -0.378 e. The Hall–Kier alpha value is -3.25. The van der Waals surface area contributed by atoms with Crippen molar-refractivity contribution in [2.24, 2.45) is 5.92 Å². The van der Waals surface area contributed by atoms with Crippen LogP contribution in [0.5, 0.6) is 0 Å². The number of aryl methyl sites for hydroxylation is 2. The van der Waals surface area contributed by atoms with Crippen LogP contribution in [0.15, 0.2) is 77.7 Å². The molecule has 3 unspecified atom stereocenters. The fourth-order valence-electron chi connectivity index (χ4n) is 5.57. The Bertz CT molecular complexity index is 1390. The molecule has 0 radical (unpaired) electrons. The SMILES string of the molecule is CCN(CC)c1ccc(C2Nc3ccc(S(=O)(=O)Nc4ccc(C)c(C)c4)cc3C3C=CCC32)cc1. The van der Waals surface area contributed by atoms with Crippen LogP contribution in [-0.4, -0.2) is 21.5 Å². The lowest BCUT2D eigenvalue weighted by Gasteiger charge is -2.38. The smallest absolute Gasteiger partial charge is 0.261 e. The summed E-state index contributed by atoms with van der Waals surface area (Å²) in [6, 6.07) is 20.2. The van der Waals surface area contributed by atoms with E-state index in [1.165, 1.54) is 11.3 Å². The van der Waals surface area contributed by atoms with Gasteiger partial charge in [-0.25, -0.2) is 8.42 Å². The van der Waals surface area contributed by atoms with E-state index in [2.05, 4.69) is 65.2 Å². The van der Waals surface area contributed by atoms with E-state index in [1.807, 2.05) is 44.2 Å². The van der Waals surface area contributed by atoms with Gasteiger partial charge in [0.15, 0.2) is 0 Å². The van der Waals surface area contributed by atoms with Gasteiger partial charge >= 0.3 is 0 Å². The molecule has 0 saturated heterocycles. The molecule has 0 fully saturated rings. The second kappa shape index (κ2) is 9.66. The molecule has 1 aliphatic carbocycles. The number of sulfonamides is 1. The topological polar surface area (TPSA) is 61.4 Å². The minimum atomic E-state index is -3.70. The Morgan fingerprint density at radius 2 is 1.69 bits per heavy atom. The fourth-order valence-corrected chi connectivity index (χ4v) is 6.65. The van der Waals surface area contributed by atoms with Gasteiger partial charge in [0.1, 0.15) is 0 Å². The van der Waals surface area contributed by atoms with Gasteiger partial charge in [0, 0.05) is 36.1 Å². The second-order valence-corrected chi connectivity index (χ2v) is 11.6. The maximum absolute atomic E-state index is 13.2. The summed E-state index contributed by atoms with van der Waals surface area (Å²) in [6.45, 7) is 10.3. The third-order valence-corrected chi connectivity index (χ3v) is 9.16. The molecule has 5 rings (SSSR count). The van der Waals surface area contributed by atoms with Crippen LogP contribution in [0.1, 0.15) is 54.5 Å². The Morgan fingerprint density at radius 3 is 2.39 bits per heavy atom. The molecule has 1 aliphatic heterocycles. The van der Waals surface area contributed by atoms with Crippen LogP contribution in [-0.2, 0) is 10.0 Å². The van der Waals surface area contributed by atoms with Crippen LogP contribution in [0, 0.1) is 19.8 Å². The number of benzene rings is 3. The zero-order valence-electron chi connectivity index (χ0n) is 21.5. The number of nitrogens with one attached hydrogen (secondary N) is 2. The Morgan fingerprint density at radius 1 is 0.944 bits per heavy atom. The molecular formula is C30H35N3O2S. The number of nitrogens with zero attached hydrogens (tertiary/aromatic N) is 1. The Labute approximate surface area is 215 Å². The first kappa shape index (κ1) is 24.4. The van der Waals surface area contributed by atoms with E-state index in [-0.39, 0.29) is 12.0 Å². The van der Waals surface area contributed by atoms with Crippen molar-refractivity contribution in [2.75, 3.05) is 28.0 Å². The highest BCUT2D eigenvalue weighted by atomic mass is 32.2. The van der Waals surface area contributed by atoms with E-state index >= 15 is 0 Å². The van der Waals surface area contributed by atoms with E-state index < -0.39 is 10.0 Å². The van der Waals surface area contributed by atoms with Crippen LogP contribution in [0.25, 0.3) is 0 Å². The van der Waals surface area contributed by atoms with Crippen molar-refractivity contribution >= 4 is 27.1 Å². The van der Waals surface area contributed by atoms with Crippen molar-refractivity contribution in [3.05, 3.63) is 95.1 Å². The summed E-state index contributed by atoms with van der Waals surface area (Å²) in [7, 11) is -3.70. The predicted octanol–water partition coefficient (Wildman–Crippen LogP) is 6.78. The summed E-state index contributed by atoms with van der Waals surface area (Å²) in [5.74, 6) is 0.535. The fraction of sp³-hybridized carbons (Fsp3) is 0.333. The van der Waals surface area contributed by atoms with Gasteiger partial charge in [-0.2, -0.15) is 0 Å². The number of anilines is 3. The molecule has 0 aromatic heterocycles. The van der Waals surface area contributed by atoms with Gasteiger partial charge in [-0.15, -0.1) is 0 Å². The van der Waals surface area contributed by atoms with Crippen LogP contribution in [0.2, 0.25) is 0 Å². The molecule has 36 heavy (non-hydrogen) atoms. The first-order valence-corrected chi connectivity index (χ1v) is 14.3. The Kier molecular flexibility index (Phi) is 6.56. The van der Waals surface area contributed by atoms with Crippen LogP contribution in [0.4, 0.5) is 17.1 Å². The molecule has 0 bridgehead atoms. The average molecular weight is 502 g/mol. The molecule has 0 spiro atoms. The van der Waals surface area contributed by atoms with Gasteiger partial charge in [-0.1, -0.05) is 30.4 Å². The van der Waals surface area contributed by atoms with Gasteiger partial charge in [-0.3, -0.25) is 4.72 Å². The number of rotatable bonds is 7. The molecule has 0 saturated carbocycles. The third-order valence-electron chi connectivity index (χ3n) is 7.78. The molecular weight excluding hydrogens is 466 g/mol. The highest BCUT2D eigenvalue weighted by molar-refractivity contribution is 7.92. The van der Waals surface area contributed by atoms with Crippen molar-refractivity contribution in [1.82, 2.24) is 0 Å². The van der Waals surface area contributed by atoms with E-state index in [0.29, 0.717) is 16.5 Å². The maximum Gasteiger partial charge on any atom is 0.261 e. The molecule has 1 heterocycles. The molecule has 3 aromatic carbocycles. The van der Waals surface area contributed by atoms with E-state index in [1.54, 1.807) is 6.07 Å². The summed E-state index contributed by atoms with van der Waals surface area (Å²) < 4.78 is 29.2. The van der Waals surface area contributed by atoms with Gasteiger partial charge in [0.25, 0.3) is 10.0 Å². The molecule has 5 nitrogen and oxygen atoms in total. The maximum atomic E-state index is 13.2. The van der Waals surface area contributed by atoms with Crippen LogP contribution < -0.4 is 14.9 Å². The summed E-state index contributed by atoms with van der Waals surface area (Å²) in [5, 5.41) is 3.73. The van der Waals surface area contributed by atoms with Crippen molar-refractivity contribution in [2.45, 2.75) is 51.0 Å². The number of hydrogen-bond donors (Lipinski definition) is 2. The lowest BCUT2D eigenvalue weighted by atomic mass is 9.77. The first-order chi connectivity index (χ1) is 17.3. The minimum absolute atomic E-state index is 0.180. The molecule has 0 amide bonds. The van der Waals surface area contributed by atoms with Crippen LogP contribution >= 0.6 is 0 Å². The lowest BCUT2D eigenvalue weighted by molar-refractivity contribution is 0.425. The summed E-state index contributed by atoms with van der Waals surface area (Å²) in [6.07, 6.45) is 5.45. The van der Waals surface area contributed by atoms with E-state index in [4.69, 9.17) is 0 Å². The van der Waals surface area contributed by atoms with E-state index in [9.17, 15) is 8.42 Å². The monoisotopic (exact) mass is 501 g/mol. The predicted molar refractivity (Wildman–Crippen MR) is 150 cm³/mol.